The molecule has 2 atom stereocenters. The van der Waals surface area contributed by atoms with Gasteiger partial charge >= 0.3 is 0 Å². The predicted molar refractivity (Wildman–Crippen MR) is 72.6 cm³/mol. The molecule has 0 amide bonds. The van der Waals surface area contributed by atoms with E-state index in [4.69, 9.17) is 15.2 Å². The number of nitrogen functional groups attached to an aromatic ring is 1. The summed E-state index contributed by atoms with van der Waals surface area (Å²) in [5, 5.41) is 3.52. The third kappa shape index (κ3) is 3.15. The summed E-state index contributed by atoms with van der Waals surface area (Å²) in [4.78, 5) is 0. The Hall–Kier alpha value is -1.26. The Labute approximate surface area is 108 Å². The minimum Gasteiger partial charge on any atom is -0.497 e. The first-order chi connectivity index (χ1) is 8.70. The lowest BCUT2D eigenvalue weighted by Crippen LogP contribution is -2.33. The average molecular weight is 250 g/mol. The lowest BCUT2D eigenvalue weighted by Gasteiger charge is -2.20. The molecule has 1 heterocycles. The van der Waals surface area contributed by atoms with Gasteiger partial charge in [-0.1, -0.05) is 0 Å². The van der Waals surface area contributed by atoms with Crippen molar-refractivity contribution in [2.75, 3.05) is 26.1 Å². The van der Waals surface area contributed by atoms with Crippen molar-refractivity contribution in [3.8, 4) is 5.75 Å². The Morgan fingerprint density at radius 3 is 3.06 bits per heavy atom. The van der Waals surface area contributed by atoms with Gasteiger partial charge in [-0.3, -0.25) is 0 Å². The molecule has 0 bridgehead atoms. The molecule has 1 aliphatic rings. The summed E-state index contributed by atoms with van der Waals surface area (Å²) in [5.74, 6) is 1.45. The fourth-order valence-corrected chi connectivity index (χ4v) is 2.25. The van der Waals surface area contributed by atoms with Crippen LogP contribution in [0.1, 0.15) is 18.9 Å². The van der Waals surface area contributed by atoms with Crippen molar-refractivity contribution in [3.63, 3.8) is 0 Å². The second-order valence-electron chi connectivity index (χ2n) is 4.86. The molecule has 1 aliphatic heterocycles. The van der Waals surface area contributed by atoms with E-state index in [-0.39, 0.29) is 0 Å². The minimum atomic E-state index is 0.443. The molecule has 0 aromatic heterocycles. The number of anilines is 1. The number of benzene rings is 1. The number of nitrogens with one attached hydrogen (secondary N) is 1. The summed E-state index contributed by atoms with van der Waals surface area (Å²) in [7, 11) is 1.67. The Balaban J connectivity index is 1.92. The highest BCUT2D eigenvalue weighted by Gasteiger charge is 2.21. The van der Waals surface area contributed by atoms with Gasteiger partial charge in [0.15, 0.2) is 0 Å². The normalized spacial score (nSPS) is 20.9. The van der Waals surface area contributed by atoms with Crippen LogP contribution in [0.15, 0.2) is 18.2 Å². The summed E-state index contributed by atoms with van der Waals surface area (Å²) in [6.45, 7) is 4.72. The van der Waals surface area contributed by atoms with Crippen molar-refractivity contribution in [2.45, 2.75) is 25.9 Å². The van der Waals surface area contributed by atoms with Crippen molar-refractivity contribution in [2.24, 2.45) is 5.92 Å². The van der Waals surface area contributed by atoms with Crippen LogP contribution in [0.4, 0.5) is 5.69 Å². The van der Waals surface area contributed by atoms with Gasteiger partial charge in [-0.25, -0.2) is 0 Å². The van der Waals surface area contributed by atoms with E-state index in [1.807, 2.05) is 18.2 Å². The molecule has 1 fully saturated rings. The summed E-state index contributed by atoms with van der Waals surface area (Å²) in [6, 6.07) is 6.20. The molecule has 2 unspecified atom stereocenters. The van der Waals surface area contributed by atoms with E-state index >= 15 is 0 Å². The first-order valence-corrected chi connectivity index (χ1v) is 6.44. The first-order valence-electron chi connectivity index (χ1n) is 6.44. The third-order valence-electron chi connectivity index (χ3n) is 3.64. The Morgan fingerprint density at radius 1 is 1.56 bits per heavy atom. The van der Waals surface area contributed by atoms with Gasteiger partial charge in [0.25, 0.3) is 0 Å². The lowest BCUT2D eigenvalue weighted by molar-refractivity contribution is 0.178. The fraction of sp³-hybridized carbons (Fsp3) is 0.571. The molecule has 1 saturated heterocycles. The first kappa shape index (κ1) is 13.2. The van der Waals surface area contributed by atoms with Crippen LogP contribution in [0.25, 0.3) is 0 Å². The Bertz CT molecular complexity index is 389. The molecule has 1 aromatic carbocycles. The quantitative estimate of drug-likeness (QED) is 0.782. The van der Waals surface area contributed by atoms with Crippen molar-refractivity contribution < 1.29 is 9.47 Å². The molecular weight excluding hydrogens is 228 g/mol. The minimum absolute atomic E-state index is 0.443. The van der Waals surface area contributed by atoms with E-state index in [0.717, 1.165) is 43.2 Å². The number of nitrogens with two attached hydrogens (primary N) is 1. The molecule has 0 radical (unpaired) electrons. The monoisotopic (exact) mass is 250 g/mol. The number of hydrogen-bond donors (Lipinski definition) is 2. The van der Waals surface area contributed by atoms with E-state index in [9.17, 15) is 0 Å². The highest BCUT2D eigenvalue weighted by atomic mass is 16.5. The number of hydrogen-bond acceptors (Lipinski definition) is 4. The van der Waals surface area contributed by atoms with E-state index < -0.39 is 0 Å². The zero-order valence-electron chi connectivity index (χ0n) is 11.1. The van der Waals surface area contributed by atoms with E-state index in [1.54, 1.807) is 7.11 Å². The standard InChI is InChI=1S/C14H22N2O2/c1-10(11-5-6-18-9-11)16-8-12-7-13(17-2)3-4-14(12)15/h3-4,7,10-11,16H,5-6,8-9,15H2,1-2H3. The van der Waals surface area contributed by atoms with Crippen molar-refractivity contribution in [1.82, 2.24) is 5.32 Å². The number of rotatable bonds is 5. The van der Waals surface area contributed by atoms with Crippen molar-refractivity contribution in [1.29, 1.82) is 0 Å². The van der Waals surface area contributed by atoms with Gasteiger partial charge in [0.2, 0.25) is 0 Å². The molecule has 4 nitrogen and oxygen atoms in total. The SMILES string of the molecule is COc1ccc(N)c(CNC(C)C2CCOC2)c1. The zero-order valence-corrected chi connectivity index (χ0v) is 11.1. The van der Waals surface area contributed by atoms with Crippen LogP contribution in [0, 0.1) is 5.92 Å². The predicted octanol–water partition coefficient (Wildman–Crippen LogP) is 1.79. The maximum absolute atomic E-state index is 5.96. The molecule has 18 heavy (non-hydrogen) atoms. The largest absolute Gasteiger partial charge is 0.497 e. The highest BCUT2D eigenvalue weighted by molar-refractivity contribution is 5.50. The van der Waals surface area contributed by atoms with Gasteiger partial charge < -0.3 is 20.5 Å². The maximum Gasteiger partial charge on any atom is 0.119 e. The lowest BCUT2D eigenvalue weighted by atomic mass is 10.0. The second kappa shape index (κ2) is 6.07. The Morgan fingerprint density at radius 2 is 2.39 bits per heavy atom. The van der Waals surface area contributed by atoms with E-state index in [1.165, 1.54) is 0 Å². The van der Waals surface area contributed by atoms with Crippen molar-refractivity contribution >= 4 is 5.69 Å². The molecule has 4 heteroatoms. The van der Waals surface area contributed by atoms with Gasteiger partial charge in [0.1, 0.15) is 5.75 Å². The average Bonchev–Trinajstić information content (AvgIpc) is 2.91. The van der Waals surface area contributed by atoms with Crippen LogP contribution in [0.3, 0.4) is 0 Å². The molecule has 0 aliphatic carbocycles. The van der Waals surface area contributed by atoms with Gasteiger partial charge in [0.05, 0.1) is 13.7 Å². The van der Waals surface area contributed by atoms with E-state index in [0.29, 0.717) is 12.0 Å². The van der Waals surface area contributed by atoms with Gasteiger partial charge in [-0.2, -0.15) is 0 Å². The molecule has 3 N–H and O–H groups in total. The summed E-state index contributed by atoms with van der Waals surface area (Å²) < 4.78 is 10.6. The molecule has 0 saturated carbocycles. The summed E-state index contributed by atoms with van der Waals surface area (Å²) in [6.07, 6.45) is 1.14. The smallest absolute Gasteiger partial charge is 0.119 e. The third-order valence-corrected chi connectivity index (χ3v) is 3.64. The fourth-order valence-electron chi connectivity index (χ4n) is 2.25. The van der Waals surface area contributed by atoms with Crippen LogP contribution >= 0.6 is 0 Å². The highest BCUT2D eigenvalue weighted by Crippen LogP contribution is 2.21. The molecule has 0 spiro atoms. The van der Waals surface area contributed by atoms with Crippen LogP contribution in [-0.2, 0) is 11.3 Å². The molecule has 1 aromatic rings. The summed E-state index contributed by atoms with van der Waals surface area (Å²) in [5.41, 5.74) is 7.85. The number of methoxy groups -OCH3 is 1. The van der Waals surface area contributed by atoms with Crippen LogP contribution in [0.2, 0.25) is 0 Å². The van der Waals surface area contributed by atoms with Gasteiger partial charge in [0, 0.05) is 24.9 Å². The maximum atomic E-state index is 5.96. The topological polar surface area (TPSA) is 56.5 Å². The van der Waals surface area contributed by atoms with E-state index in [2.05, 4.69) is 12.2 Å². The Kier molecular flexibility index (Phi) is 4.44. The second-order valence-corrected chi connectivity index (χ2v) is 4.86. The molecule has 2 rings (SSSR count). The van der Waals surface area contributed by atoms with Crippen molar-refractivity contribution in [3.05, 3.63) is 23.8 Å². The van der Waals surface area contributed by atoms with Crippen LogP contribution in [-0.4, -0.2) is 26.4 Å². The summed E-state index contributed by atoms with van der Waals surface area (Å²) >= 11 is 0. The number of ether oxygens (including phenoxy) is 2. The van der Waals surface area contributed by atoms with Crippen LogP contribution < -0.4 is 15.8 Å². The van der Waals surface area contributed by atoms with Gasteiger partial charge in [-0.05, 0) is 43.0 Å². The zero-order chi connectivity index (χ0) is 13.0. The molecule has 100 valence electrons. The molecular formula is C14H22N2O2. The van der Waals surface area contributed by atoms with Crippen LogP contribution in [0.5, 0.6) is 5.75 Å². The van der Waals surface area contributed by atoms with Gasteiger partial charge in [-0.15, -0.1) is 0 Å².